The van der Waals surface area contributed by atoms with Crippen LogP contribution in [0, 0.1) is 0 Å². The Labute approximate surface area is 164 Å². The summed E-state index contributed by atoms with van der Waals surface area (Å²) in [5.74, 6) is 0.544. The third-order valence-electron chi connectivity index (χ3n) is 3.70. The minimum absolute atomic E-state index is 0.00469. The van der Waals surface area contributed by atoms with E-state index in [-0.39, 0.29) is 22.0 Å². The van der Waals surface area contributed by atoms with Crippen LogP contribution >= 0.6 is 11.8 Å². The van der Waals surface area contributed by atoms with Gasteiger partial charge in [-0.05, 0) is 60.5 Å². The molecule has 0 aromatic carbocycles. The van der Waals surface area contributed by atoms with Crippen molar-refractivity contribution in [3.8, 4) is 0 Å². The number of rotatable bonds is 6. The van der Waals surface area contributed by atoms with Crippen molar-refractivity contribution in [2.75, 3.05) is 0 Å². The van der Waals surface area contributed by atoms with Gasteiger partial charge < -0.3 is 15.2 Å². The third kappa shape index (κ3) is 9.48. The minimum Gasteiger partial charge on any atom is -0.474 e. The summed E-state index contributed by atoms with van der Waals surface area (Å²) < 4.78 is 5.71. The van der Waals surface area contributed by atoms with E-state index < -0.39 is 6.10 Å². The SMILES string of the molecule is C=C(N[C@@H]1CC[C@H](O)C(SC(=O)C(/C=C\C)=C/C)C1)OC(C)(C)C.CC. The maximum absolute atomic E-state index is 12.4. The van der Waals surface area contributed by atoms with Crippen LogP contribution in [0.15, 0.2) is 36.3 Å². The summed E-state index contributed by atoms with van der Waals surface area (Å²) in [5.41, 5.74) is 0.376. The fourth-order valence-electron chi connectivity index (χ4n) is 2.66. The molecule has 5 heteroatoms. The first-order valence-electron chi connectivity index (χ1n) is 9.48. The van der Waals surface area contributed by atoms with Crippen molar-refractivity contribution < 1.29 is 14.6 Å². The second-order valence-electron chi connectivity index (χ2n) is 7.05. The van der Waals surface area contributed by atoms with Crippen molar-refractivity contribution >= 4 is 16.9 Å². The van der Waals surface area contributed by atoms with Crippen LogP contribution in [0.5, 0.6) is 0 Å². The van der Waals surface area contributed by atoms with Gasteiger partial charge in [0, 0.05) is 16.9 Å². The highest BCUT2D eigenvalue weighted by Crippen LogP contribution is 2.32. The van der Waals surface area contributed by atoms with E-state index in [1.165, 1.54) is 11.8 Å². The second-order valence-corrected chi connectivity index (χ2v) is 8.26. The monoisotopic (exact) mass is 383 g/mol. The molecule has 0 aromatic rings. The number of allylic oxidation sites excluding steroid dienone is 3. The topological polar surface area (TPSA) is 58.6 Å². The predicted molar refractivity (Wildman–Crippen MR) is 113 cm³/mol. The number of hydrogen-bond acceptors (Lipinski definition) is 5. The van der Waals surface area contributed by atoms with E-state index >= 15 is 0 Å². The summed E-state index contributed by atoms with van der Waals surface area (Å²) in [6, 6.07) is 0.157. The molecule has 4 nitrogen and oxygen atoms in total. The Hall–Kier alpha value is -1.20. The van der Waals surface area contributed by atoms with Crippen molar-refractivity contribution in [3.63, 3.8) is 0 Å². The number of nitrogens with one attached hydrogen (secondary N) is 1. The quantitative estimate of drug-likeness (QED) is 0.386. The van der Waals surface area contributed by atoms with Crippen LogP contribution in [-0.4, -0.2) is 33.2 Å². The van der Waals surface area contributed by atoms with Gasteiger partial charge in [-0.25, -0.2) is 0 Å². The highest BCUT2D eigenvalue weighted by Gasteiger charge is 2.32. The molecule has 0 radical (unpaired) electrons. The summed E-state index contributed by atoms with van der Waals surface area (Å²) >= 11 is 1.23. The molecule has 26 heavy (non-hydrogen) atoms. The fourth-order valence-corrected chi connectivity index (χ4v) is 3.88. The summed E-state index contributed by atoms with van der Waals surface area (Å²) in [6.07, 6.45) is 7.21. The molecule has 1 aliphatic carbocycles. The fraction of sp³-hybridized carbons (Fsp3) is 0.667. The number of thioether (sulfide) groups is 1. The smallest absolute Gasteiger partial charge is 0.219 e. The van der Waals surface area contributed by atoms with Crippen LogP contribution in [0.4, 0.5) is 0 Å². The first-order valence-corrected chi connectivity index (χ1v) is 10.4. The first-order chi connectivity index (χ1) is 12.2. The van der Waals surface area contributed by atoms with Crippen molar-refractivity contribution in [2.24, 2.45) is 0 Å². The number of ether oxygens (including phenoxy) is 1. The van der Waals surface area contributed by atoms with Gasteiger partial charge in [-0.15, -0.1) is 0 Å². The third-order valence-corrected chi connectivity index (χ3v) is 4.96. The average Bonchev–Trinajstić information content (AvgIpc) is 2.55. The van der Waals surface area contributed by atoms with Crippen molar-refractivity contribution in [1.82, 2.24) is 5.32 Å². The van der Waals surface area contributed by atoms with Gasteiger partial charge in [0.25, 0.3) is 0 Å². The van der Waals surface area contributed by atoms with E-state index in [9.17, 15) is 9.90 Å². The lowest BCUT2D eigenvalue weighted by Gasteiger charge is -2.34. The molecule has 1 rings (SSSR count). The van der Waals surface area contributed by atoms with E-state index in [2.05, 4.69) is 11.9 Å². The van der Waals surface area contributed by atoms with E-state index in [1.54, 1.807) is 12.2 Å². The summed E-state index contributed by atoms with van der Waals surface area (Å²) in [4.78, 5) is 12.4. The minimum atomic E-state index is -0.461. The Morgan fingerprint density at radius 2 is 1.88 bits per heavy atom. The molecule has 0 heterocycles. The molecule has 3 atom stereocenters. The molecule has 0 bridgehead atoms. The summed E-state index contributed by atoms with van der Waals surface area (Å²) in [6.45, 7) is 17.6. The number of aliphatic hydroxyl groups is 1. The lowest BCUT2D eigenvalue weighted by Crippen LogP contribution is -2.42. The molecule has 2 N–H and O–H groups in total. The average molecular weight is 384 g/mol. The van der Waals surface area contributed by atoms with Gasteiger partial charge in [0.1, 0.15) is 5.60 Å². The Balaban J connectivity index is 0.00000301. The normalized spacial score (nSPS) is 23.8. The molecule has 0 amide bonds. The van der Waals surface area contributed by atoms with E-state index in [0.29, 0.717) is 24.3 Å². The maximum atomic E-state index is 12.4. The highest BCUT2D eigenvalue weighted by molar-refractivity contribution is 8.14. The zero-order valence-electron chi connectivity index (χ0n) is 17.5. The van der Waals surface area contributed by atoms with Crippen LogP contribution in [0.25, 0.3) is 0 Å². The standard InChI is InChI=1S/C19H31NO3S.C2H6/c1-7-9-14(8-2)18(22)24-17-12-15(10-11-16(17)21)20-13(3)23-19(4,5)6;1-2/h7-9,15-17,20-21H,3,10-12H2,1-2,4-6H3;1-2H3/b9-7-,14-8+;/t15-,16+,17?;/m1./s1. The van der Waals surface area contributed by atoms with Crippen LogP contribution in [0.1, 0.15) is 67.7 Å². The Bertz CT molecular complexity index is 506. The van der Waals surface area contributed by atoms with E-state index in [1.807, 2.05) is 54.5 Å². The molecule has 0 spiro atoms. The van der Waals surface area contributed by atoms with Gasteiger partial charge in [0.2, 0.25) is 5.12 Å². The maximum Gasteiger partial charge on any atom is 0.219 e. The Kier molecular flexibility index (Phi) is 11.7. The zero-order valence-corrected chi connectivity index (χ0v) is 18.3. The van der Waals surface area contributed by atoms with Crippen LogP contribution < -0.4 is 5.32 Å². The molecular weight excluding hydrogens is 346 g/mol. The van der Waals surface area contributed by atoms with Crippen molar-refractivity contribution in [1.29, 1.82) is 0 Å². The molecule has 0 aliphatic heterocycles. The summed E-state index contributed by atoms with van der Waals surface area (Å²) in [7, 11) is 0. The lowest BCUT2D eigenvalue weighted by molar-refractivity contribution is -0.107. The number of aliphatic hydroxyl groups excluding tert-OH is 1. The predicted octanol–water partition coefficient (Wildman–Crippen LogP) is 4.95. The number of carbonyl (C=O) groups excluding carboxylic acids is 1. The molecule has 1 unspecified atom stereocenters. The largest absolute Gasteiger partial charge is 0.474 e. The molecule has 1 aliphatic rings. The van der Waals surface area contributed by atoms with Crippen LogP contribution in [-0.2, 0) is 9.53 Å². The molecule has 0 aromatic heterocycles. The molecule has 1 fully saturated rings. The van der Waals surface area contributed by atoms with Gasteiger partial charge in [-0.1, -0.05) is 43.8 Å². The lowest BCUT2D eigenvalue weighted by atomic mass is 9.92. The van der Waals surface area contributed by atoms with Gasteiger partial charge in [0.15, 0.2) is 5.88 Å². The summed E-state index contributed by atoms with van der Waals surface area (Å²) in [5, 5.41) is 13.4. The second kappa shape index (κ2) is 12.2. The van der Waals surface area contributed by atoms with Crippen LogP contribution in [0.3, 0.4) is 0 Å². The van der Waals surface area contributed by atoms with Crippen molar-refractivity contribution in [2.45, 2.75) is 90.7 Å². The first kappa shape index (κ1) is 24.8. The Morgan fingerprint density at radius 3 is 2.38 bits per heavy atom. The van der Waals surface area contributed by atoms with Crippen molar-refractivity contribution in [3.05, 3.63) is 36.3 Å². The Morgan fingerprint density at radius 1 is 1.27 bits per heavy atom. The number of hydrogen-bond donors (Lipinski definition) is 2. The van der Waals surface area contributed by atoms with E-state index in [4.69, 9.17) is 4.74 Å². The highest BCUT2D eigenvalue weighted by atomic mass is 32.2. The molecular formula is C21H37NO3S. The number of carbonyl (C=O) groups is 1. The molecule has 0 saturated heterocycles. The van der Waals surface area contributed by atoms with Gasteiger partial charge in [-0.2, -0.15) is 0 Å². The van der Waals surface area contributed by atoms with E-state index in [0.717, 1.165) is 6.42 Å². The van der Waals surface area contributed by atoms with Gasteiger partial charge >= 0.3 is 0 Å². The van der Waals surface area contributed by atoms with Gasteiger partial charge in [0.05, 0.1) is 6.10 Å². The molecule has 1 saturated carbocycles. The van der Waals surface area contributed by atoms with Gasteiger partial charge in [-0.3, -0.25) is 4.79 Å². The van der Waals surface area contributed by atoms with Crippen LogP contribution in [0.2, 0.25) is 0 Å². The molecule has 150 valence electrons. The zero-order chi connectivity index (χ0) is 20.3.